The lowest BCUT2D eigenvalue weighted by atomic mass is 10.3. The number of aryl methyl sites for hydroxylation is 5. The van der Waals surface area contributed by atoms with Crippen LogP contribution in [-0.4, -0.2) is 142 Å². The number of nitrogens with zero attached hydrogens (tertiary/aromatic N) is 9. The molecule has 0 aliphatic heterocycles. The molecule has 0 fully saturated rings. The molecule has 0 saturated heterocycles. The van der Waals surface area contributed by atoms with E-state index in [9.17, 15) is 51.5 Å². The molecular formula is C44H59F3N18O8. The topological polar surface area (TPSA) is 325 Å². The molecule has 0 atom stereocenters. The second kappa shape index (κ2) is 25.7. The number of nitrogens with one attached hydrogen (secondary N) is 8. The summed E-state index contributed by atoms with van der Waals surface area (Å²) in [6.07, 6.45) is 4.74. The van der Waals surface area contributed by atoms with Gasteiger partial charge in [0.05, 0.1) is 17.9 Å². The summed E-state index contributed by atoms with van der Waals surface area (Å²) in [7, 11) is 7.99. The zero-order valence-electron chi connectivity index (χ0n) is 40.8. The van der Waals surface area contributed by atoms with Crippen LogP contribution in [0.5, 0.6) is 0 Å². The van der Waals surface area contributed by atoms with Crippen LogP contribution >= 0.6 is 0 Å². The van der Waals surface area contributed by atoms with E-state index in [0.29, 0.717) is 24.3 Å². The summed E-state index contributed by atoms with van der Waals surface area (Å²) >= 11 is 0. The maximum atomic E-state index is 13.2. The molecular weight excluding hydrogens is 966 g/mol. The molecule has 0 aromatic carbocycles. The number of amides is 8. The van der Waals surface area contributed by atoms with Crippen LogP contribution in [0.4, 0.5) is 42.0 Å². The molecule has 0 spiro atoms. The van der Waals surface area contributed by atoms with Gasteiger partial charge < -0.3 is 71.1 Å². The molecule has 0 aliphatic rings. The lowest BCUT2D eigenvalue weighted by Crippen LogP contribution is -2.38. The molecule has 394 valence electrons. The second-order valence-electron chi connectivity index (χ2n) is 16.7. The Hall–Kier alpha value is -8.34. The molecule has 10 N–H and O–H groups in total. The van der Waals surface area contributed by atoms with Crippen molar-refractivity contribution in [3.05, 3.63) is 72.5 Å². The molecule has 26 nitrogen and oxygen atoms in total. The van der Waals surface area contributed by atoms with E-state index in [1.165, 1.54) is 63.6 Å². The number of hydrogen-bond acceptors (Lipinski definition) is 13. The molecule has 5 heterocycles. The fourth-order valence-electron chi connectivity index (χ4n) is 7.10. The third-order valence-corrected chi connectivity index (χ3v) is 10.7. The first-order valence-corrected chi connectivity index (χ1v) is 22.8. The number of carbonyl (C=O) groups is 8. The Balaban J connectivity index is 0.986. The molecule has 5 rings (SSSR count). The van der Waals surface area contributed by atoms with E-state index in [2.05, 4.69) is 57.5 Å². The van der Waals surface area contributed by atoms with Gasteiger partial charge in [0.1, 0.15) is 11.5 Å². The SMILES string of the molecule is Cn1cc(NC(=O)c2nccn2C)cc1NC(=O)CCC(=O)Nc1cn(C)c(C(=O)Nc2cc(C(=O)NCCC(=O)Nc3cn(C)c(C(=O)NCCC(=O)NCCCN(CCCN)CC(F)(F)F)n3)n(C)c2)n1. The molecule has 73 heavy (non-hydrogen) atoms. The van der Waals surface area contributed by atoms with E-state index in [4.69, 9.17) is 5.73 Å². The quantitative estimate of drug-likeness (QED) is 0.0350. The van der Waals surface area contributed by atoms with Crippen molar-refractivity contribution in [1.82, 2.24) is 58.6 Å². The Kier molecular flexibility index (Phi) is 19.6. The minimum Gasteiger partial charge on any atom is -0.356 e. The maximum absolute atomic E-state index is 13.2. The number of rotatable bonds is 26. The van der Waals surface area contributed by atoms with Crippen LogP contribution in [-0.2, 0) is 54.4 Å². The van der Waals surface area contributed by atoms with Crippen LogP contribution in [0, 0.1) is 0 Å². The van der Waals surface area contributed by atoms with Crippen LogP contribution in [0.15, 0.2) is 49.3 Å². The van der Waals surface area contributed by atoms with E-state index in [1.807, 2.05) is 0 Å². The summed E-state index contributed by atoms with van der Waals surface area (Å²) in [5.41, 5.74) is 6.24. The number of hydrogen-bond donors (Lipinski definition) is 9. The molecule has 0 saturated carbocycles. The van der Waals surface area contributed by atoms with Gasteiger partial charge in [0.2, 0.25) is 35.3 Å². The monoisotopic (exact) mass is 1020 g/mol. The highest BCUT2D eigenvalue weighted by Crippen LogP contribution is 2.20. The molecule has 0 radical (unpaired) electrons. The van der Waals surface area contributed by atoms with Gasteiger partial charge in [-0.1, -0.05) is 0 Å². The Morgan fingerprint density at radius 1 is 0.562 bits per heavy atom. The third-order valence-electron chi connectivity index (χ3n) is 10.7. The van der Waals surface area contributed by atoms with Crippen molar-refractivity contribution in [3.63, 3.8) is 0 Å². The molecule has 5 aromatic rings. The molecule has 0 aliphatic carbocycles. The average Bonchev–Trinajstić information content (AvgIpc) is 4.15. The highest BCUT2D eigenvalue weighted by molar-refractivity contribution is 6.04. The molecule has 29 heteroatoms. The first kappa shape index (κ1) is 55.6. The third kappa shape index (κ3) is 17.2. The van der Waals surface area contributed by atoms with Crippen molar-refractivity contribution in [2.75, 3.05) is 72.4 Å². The predicted molar refractivity (Wildman–Crippen MR) is 259 cm³/mol. The highest BCUT2D eigenvalue weighted by Gasteiger charge is 2.30. The fraction of sp³-hybridized carbons (Fsp3) is 0.432. The summed E-state index contributed by atoms with van der Waals surface area (Å²) in [6, 6.07) is 2.97. The van der Waals surface area contributed by atoms with Crippen LogP contribution in [0.25, 0.3) is 0 Å². The Morgan fingerprint density at radius 2 is 1.10 bits per heavy atom. The first-order chi connectivity index (χ1) is 34.6. The van der Waals surface area contributed by atoms with Crippen LogP contribution < -0.4 is 48.3 Å². The Bertz CT molecular complexity index is 2790. The summed E-state index contributed by atoms with van der Waals surface area (Å²) in [6.45, 7) is -0.483. The van der Waals surface area contributed by atoms with Crippen molar-refractivity contribution in [2.24, 2.45) is 41.0 Å². The normalized spacial score (nSPS) is 11.3. The van der Waals surface area contributed by atoms with Crippen molar-refractivity contribution < 1.29 is 51.5 Å². The summed E-state index contributed by atoms with van der Waals surface area (Å²) in [5.74, 6) is -3.63. The minimum absolute atomic E-state index is 0.0540. The van der Waals surface area contributed by atoms with Gasteiger partial charge in [-0.3, -0.25) is 43.3 Å². The number of nitrogens with two attached hydrogens (primary N) is 1. The number of anilines is 5. The minimum atomic E-state index is -4.35. The van der Waals surface area contributed by atoms with Gasteiger partial charge in [-0.2, -0.15) is 13.2 Å². The lowest BCUT2D eigenvalue weighted by Gasteiger charge is -2.23. The smallest absolute Gasteiger partial charge is 0.356 e. The zero-order chi connectivity index (χ0) is 53.4. The van der Waals surface area contributed by atoms with Crippen LogP contribution in [0.2, 0.25) is 0 Å². The highest BCUT2D eigenvalue weighted by atomic mass is 19.4. The number of halogens is 3. The van der Waals surface area contributed by atoms with E-state index in [0.717, 1.165) is 0 Å². The Morgan fingerprint density at radius 3 is 1.70 bits per heavy atom. The summed E-state index contributed by atoms with van der Waals surface area (Å²) in [5, 5.41) is 21.0. The van der Waals surface area contributed by atoms with Gasteiger partial charge >= 0.3 is 6.18 Å². The van der Waals surface area contributed by atoms with E-state index in [-0.39, 0.29) is 105 Å². The second-order valence-corrected chi connectivity index (χ2v) is 16.7. The number of alkyl halides is 3. The number of aromatic nitrogens is 8. The van der Waals surface area contributed by atoms with E-state index >= 15 is 0 Å². The van der Waals surface area contributed by atoms with E-state index in [1.54, 1.807) is 48.7 Å². The molecule has 8 amide bonds. The van der Waals surface area contributed by atoms with Crippen molar-refractivity contribution in [2.45, 2.75) is 44.7 Å². The fourth-order valence-corrected chi connectivity index (χ4v) is 7.10. The molecule has 0 bridgehead atoms. The van der Waals surface area contributed by atoms with Crippen molar-refractivity contribution >= 4 is 76.1 Å². The lowest BCUT2D eigenvalue weighted by molar-refractivity contribution is -0.146. The number of carbonyl (C=O) groups excluding carboxylic acids is 8. The predicted octanol–water partition coefficient (Wildman–Crippen LogP) is 1.02. The van der Waals surface area contributed by atoms with Crippen LogP contribution in [0.1, 0.15) is 80.9 Å². The van der Waals surface area contributed by atoms with Gasteiger partial charge in [-0.25, -0.2) is 15.0 Å². The zero-order valence-corrected chi connectivity index (χ0v) is 40.8. The molecule has 0 unspecified atom stereocenters. The van der Waals surface area contributed by atoms with Crippen molar-refractivity contribution in [3.8, 4) is 0 Å². The summed E-state index contributed by atoms with van der Waals surface area (Å²) < 4.78 is 45.9. The summed E-state index contributed by atoms with van der Waals surface area (Å²) in [4.78, 5) is 115. The van der Waals surface area contributed by atoms with E-state index < -0.39 is 60.0 Å². The standard InChI is InChI=1S/C44H59F3N18O8/c1-60-19-16-50-37(60)42(72)54-28-21-32(62(3)23-28)59-35(68)9-8-34(67)55-30-25-64(5)39(58-30)43(73)53-27-20-29(61(2)22-27)40(70)51-15-11-36(69)56-31-24-63(4)38(57-31)41(71)52-14-10-33(66)49-13-7-18-65(17-6-12-48)26-44(45,46)47/h16,19-25H,6-15,17-18,26,48H2,1-5H3,(H,49,66)(H,51,70)(H,52,71)(H,53,73)(H,54,72)(H,55,67)(H,56,69)(H,59,68). The Labute approximate surface area is 416 Å². The van der Waals surface area contributed by atoms with Gasteiger partial charge in [0.15, 0.2) is 17.5 Å². The van der Waals surface area contributed by atoms with Crippen molar-refractivity contribution in [1.29, 1.82) is 0 Å². The maximum Gasteiger partial charge on any atom is 0.401 e. The van der Waals surface area contributed by atoms with Gasteiger partial charge in [0, 0.05) is 130 Å². The largest absolute Gasteiger partial charge is 0.401 e. The molecule has 5 aromatic heterocycles. The number of imidazole rings is 3. The first-order valence-electron chi connectivity index (χ1n) is 22.8. The van der Waals surface area contributed by atoms with Gasteiger partial charge in [-0.05, 0) is 32.0 Å². The average molecular weight is 1030 g/mol. The van der Waals surface area contributed by atoms with Gasteiger partial charge in [0.25, 0.3) is 23.6 Å². The van der Waals surface area contributed by atoms with Gasteiger partial charge in [-0.15, -0.1) is 0 Å². The van der Waals surface area contributed by atoms with Crippen LogP contribution in [0.3, 0.4) is 0 Å².